The summed E-state index contributed by atoms with van der Waals surface area (Å²) in [6.07, 6.45) is 3.79. The average Bonchev–Trinajstić information content (AvgIpc) is 3.45. The molecule has 0 amide bonds. The number of hydrogen-bond donors (Lipinski definition) is 2. The Balaban J connectivity index is 1.24. The first-order valence-corrected chi connectivity index (χ1v) is 10.7. The molecule has 1 aliphatic carbocycles. The highest BCUT2D eigenvalue weighted by Gasteiger charge is 2.34. The van der Waals surface area contributed by atoms with Crippen LogP contribution < -0.4 is 10.6 Å². The summed E-state index contributed by atoms with van der Waals surface area (Å²) in [5.41, 5.74) is 1.03. The molecule has 3 unspecified atom stereocenters. The first kappa shape index (κ1) is 17.4. The quantitative estimate of drug-likeness (QED) is 0.702. The van der Waals surface area contributed by atoms with Crippen LogP contribution >= 0.6 is 11.3 Å². The molecule has 0 bridgehead atoms. The lowest BCUT2D eigenvalue weighted by molar-refractivity contribution is 0.0523. The van der Waals surface area contributed by atoms with Crippen LogP contribution in [0.3, 0.4) is 0 Å². The van der Waals surface area contributed by atoms with E-state index in [1.165, 1.54) is 24.0 Å². The summed E-state index contributed by atoms with van der Waals surface area (Å²) in [7, 11) is 0. The molecule has 1 aliphatic heterocycles. The number of thiazole rings is 1. The van der Waals surface area contributed by atoms with Gasteiger partial charge in [0, 0.05) is 18.6 Å². The summed E-state index contributed by atoms with van der Waals surface area (Å²) >= 11 is 1.68. The van der Waals surface area contributed by atoms with Crippen molar-refractivity contribution in [3.05, 3.63) is 42.2 Å². The standard InChI is InChI=1S/C21H25N3O2S/c1-2-7-20-17(5-1)24-21(27-20)19-9-8-14(26-19)12-23-16-6-3-4-15(16)18-13-25-11-10-22-18/h1-2,5,7-9,15-16,18,22-23H,3-4,6,10-13H2. The number of para-hydroxylation sites is 1. The molecule has 27 heavy (non-hydrogen) atoms. The monoisotopic (exact) mass is 383 g/mol. The van der Waals surface area contributed by atoms with Gasteiger partial charge in [-0.15, -0.1) is 11.3 Å². The molecule has 2 aromatic heterocycles. The van der Waals surface area contributed by atoms with Crippen LogP contribution in [0.2, 0.25) is 0 Å². The van der Waals surface area contributed by atoms with Crippen molar-refractivity contribution in [3.8, 4) is 10.8 Å². The predicted molar refractivity (Wildman–Crippen MR) is 108 cm³/mol. The minimum absolute atomic E-state index is 0.480. The lowest BCUT2D eigenvalue weighted by atomic mass is 9.94. The molecule has 0 radical (unpaired) electrons. The van der Waals surface area contributed by atoms with Gasteiger partial charge in [0.1, 0.15) is 5.76 Å². The third kappa shape index (κ3) is 3.67. The molecule has 1 saturated heterocycles. The van der Waals surface area contributed by atoms with Crippen molar-refractivity contribution < 1.29 is 9.15 Å². The van der Waals surface area contributed by atoms with Crippen LogP contribution in [0.1, 0.15) is 25.0 Å². The molecule has 2 fully saturated rings. The summed E-state index contributed by atoms with van der Waals surface area (Å²) < 4.78 is 12.9. The van der Waals surface area contributed by atoms with Crippen LogP contribution in [0.4, 0.5) is 0 Å². The van der Waals surface area contributed by atoms with Crippen LogP contribution in [0.15, 0.2) is 40.8 Å². The second-order valence-electron chi connectivity index (χ2n) is 7.47. The van der Waals surface area contributed by atoms with Gasteiger partial charge in [-0.2, -0.15) is 0 Å². The van der Waals surface area contributed by atoms with E-state index in [0.717, 1.165) is 48.3 Å². The second-order valence-corrected chi connectivity index (χ2v) is 8.50. The number of benzene rings is 1. The molecule has 6 heteroatoms. The highest BCUT2D eigenvalue weighted by atomic mass is 32.1. The van der Waals surface area contributed by atoms with E-state index in [2.05, 4.69) is 27.8 Å². The summed E-state index contributed by atoms with van der Waals surface area (Å²) in [6, 6.07) is 13.3. The molecule has 1 saturated carbocycles. The van der Waals surface area contributed by atoms with E-state index >= 15 is 0 Å². The van der Waals surface area contributed by atoms with Crippen molar-refractivity contribution >= 4 is 21.6 Å². The first-order valence-electron chi connectivity index (χ1n) is 9.86. The molecular weight excluding hydrogens is 358 g/mol. The molecule has 1 aromatic carbocycles. The highest BCUT2D eigenvalue weighted by Crippen LogP contribution is 2.32. The molecule has 2 N–H and O–H groups in total. The lowest BCUT2D eigenvalue weighted by Gasteiger charge is -2.32. The highest BCUT2D eigenvalue weighted by molar-refractivity contribution is 7.21. The Kier molecular flexibility index (Phi) is 4.97. The Labute approximate surface area is 163 Å². The van der Waals surface area contributed by atoms with Crippen LogP contribution in [0.25, 0.3) is 21.0 Å². The van der Waals surface area contributed by atoms with Crippen LogP contribution in [-0.2, 0) is 11.3 Å². The van der Waals surface area contributed by atoms with Crippen molar-refractivity contribution in [3.63, 3.8) is 0 Å². The van der Waals surface area contributed by atoms with Gasteiger partial charge in [0.25, 0.3) is 0 Å². The minimum atomic E-state index is 0.480. The number of aromatic nitrogens is 1. The summed E-state index contributed by atoms with van der Waals surface area (Å²) in [5.74, 6) is 2.48. The molecule has 3 atom stereocenters. The van der Waals surface area contributed by atoms with Crippen molar-refractivity contribution in [2.45, 2.75) is 37.9 Å². The van der Waals surface area contributed by atoms with Gasteiger partial charge >= 0.3 is 0 Å². The van der Waals surface area contributed by atoms with E-state index < -0.39 is 0 Å². The molecule has 3 aromatic rings. The molecule has 2 aliphatic rings. The number of morpholine rings is 1. The fourth-order valence-corrected chi connectivity index (χ4v) is 5.31. The Morgan fingerprint density at radius 2 is 2.15 bits per heavy atom. The van der Waals surface area contributed by atoms with Crippen molar-refractivity contribution in [1.82, 2.24) is 15.6 Å². The van der Waals surface area contributed by atoms with Crippen LogP contribution in [0.5, 0.6) is 0 Å². The van der Waals surface area contributed by atoms with E-state index in [-0.39, 0.29) is 0 Å². The topological polar surface area (TPSA) is 59.3 Å². The fraction of sp³-hybridized carbons (Fsp3) is 0.476. The third-order valence-electron chi connectivity index (χ3n) is 5.74. The number of ether oxygens (including phenoxy) is 1. The number of furan rings is 1. The number of nitrogens with zero attached hydrogens (tertiary/aromatic N) is 1. The lowest BCUT2D eigenvalue weighted by Crippen LogP contribution is -2.50. The van der Waals surface area contributed by atoms with E-state index in [0.29, 0.717) is 18.0 Å². The van der Waals surface area contributed by atoms with Gasteiger partial charge in [-0.1, -0.05) is 18.6 Å². The average molecular weight is 384 g/mol. The fourth-order valence-electron chi connectivity index (χ4n) is 4.38. The van der Waals surface area contributed by atoms with E-state index in [4.69, 9.17) is 9.15 Å². The van der Waals surface area contributed by atoms with E-state index in [1.807, 2.05) is 24.3 Å². The maximum absolute atomic E-state index is 6.08. The Bertz CT molecular complexity index is 867. The Hall–Kier alpha value is -1.73. The molecule has 3 heterocycles. The zero-order valence-electron chi connectivity index (χ0n) is 15.3. The zero-order valence-corrected chi connectivity index (χ0v) is 16.1. The van der Waals surface area contributed by atoms with Crippen LogP contribution in [-0.4, -0.2) is 36.8 Å². The summed E-state index contributed by atoms with van der Waals surface area (Å²) in [5, 5.41) is 8.31. The normalized spacial score (nSPS) is 26.0. The van der Waals surface area contributed by atoms with Gasteiger partial charge in [-0.05, 0) is 43.0 Å². The van der Waals surface area contributed by atoms with Gasteiger partial charge in [-0.25, -0.2) is 4.98 Å². The van der Waals surface area contributed by atoms with E-state index in [1.54, 1.807) is 11.3 Å². The van der Waals surface area contributed by atoms with Crippen molar-refractivity contribution in [1.29, 1.82) is 0 Å². The zero-order chi connectivity index (χ0) is 18.1. The number of hydrogen-bond acceptors (Lipinski definition) is 6. The summed E-state index contributed by atoms with van der Waals surface area (Å²) in [6.45, 7) is 3.41. The molecular formula is C21H25N3O2S. The SMILES string of the molecule is c1ccc2sc(-c3ccc(CNC4CCCC4C4COCCN4)o3)nc2c1. The Morgan fingerprint density at radius 3 is 3.04 bits per heavy atom. The van der Waals surface area contributed by atoms with E-state index in [9.17, 15) is 0 Å². The molecule has 0 spiro atoms. The van der Waals surface area contributed by atoms with Gasteiger partial charge in [0.05, 0.1) is 30.0 Å². The second kappa shape index (κ2) is 7.72. The largest absolute Gasteiger partial charge is 0.457 e. The number of fused-ring (bicyclic) bond motifs is 1. The maximum Gasteiger partial charge on any atom is 0.163 e. The third-order valence-corrected chi connectivity index (χ3v) is 6.79. The summed E-state index contributed by atoms with van der Waals surface area (Å²) in [4.78, 5) is 4.69. The van der Waals surface area contributed by atoms with Gasteiger partial charge in [0.15, 0.2) is 10.8 Å². The van der Waals surface area contributed by atoms with Gasteiger partial charge in [0.2, 0.25) is 0 Å². The first-order chi connectivity index (χ1) is 13.4. The van der Waals surface area contributed by atoms with Gasteiger partial charge < -0.3 is 19.8 Å². The Morgan fingerprint density at radius 1 is 1.19 bits per heavy atom. The molecule has 5 rings (SSSR count). The predicted octanol–water partition coefficient (Wildman–Crippen LogP) is 3.80. The van der Waals surface area contributed by atoms with Crippen LogP contribution in [0, 0.1) is 5.92 Å². The molecule has 5 nitrogen and oxygen atoms in total. The minimum Gasteiger partial charge on any atom is -0.457 e. The maximum atomic E-state index is 6.08. The van der Waals surface area contributed by atoms with Gasteiger partial charge in [-0.3, -0.25) is 0 Å². The number of rotatable bonds is 5. The van der Waals surface area contributed by atoms with Crippen molar-refractivity contribution in [2.75, 3.05) is 19.8 Å². The molecule has 142 valence electrons. The van der Waals surface area contributed by atoms with Crippen molar-refractivity contribution in [2.24, 2.45) is 5.92 Å². The smallest absolute Gasteiger partial charge is 0.163 e. The number of nitrogens with one attached hydrogen (secondary N) is 2.